The average Bonchev–Trinajstić information content (AvgIpc) is 4.10. The summed E-state index contributed by atoms with van der Waals surface area (Å²) in [5.74, 6) is 1.78. The lowest BCUT2D eigenvalue weighted by Crippen LogP contribution is -2.06. The highest BCUT2D eigenvalue weighted by molar-refractivity contribution is 6.16. The van der Waals surface area contributed by atoms with Gasteiger partial charge in [0.2, 0.25) is 5.95 Å². The van der Waals surface area contributed by atoms with Crippen LogP contribution in [0.4, 0.5) is 0 Å². The van der Waals surface area contributed by atoms with Crippen LogP contribution in [0.2, 0.25) is 0 Å². The number of benzene rings is 9. The summed E-state index contributed by atoms with van der Waals surface area (Å²) in [6.45, 7) is 0. The molecule has 0 fully saturated rings. The molecule has 64 heavy (non-hydrogen) atoms. The summed E-state index contributed by atoms with van der Waals surface area (Å²) in [4.78, 5) is 15.8. The summed E-state index contributed by atoms with van der Waals surface area (Å²) in [5, 5.41) is 9.09. The minimum atomic E-state index is 0.568. The molecule has 14 aromatic rings. The molecule has 0 aliphatic heterocycles. The second kappa shape index (κ2) is 13.3. The predicted octanol–water partition coefficient (Wildman–Crippen LogP) is 14.4. The van der Waals surface area contributed by atoms with Gasteiger partial charge in [0.25, 0.3) is 0 Å². The van der Waals surface area contributed by atoms with Gasteiger partial charge in [-0.05, 0) is 60.7 Å². The Morgan fingerprint density at radius 2 is 0.750 bits per heavy atom. The van der Waals surface area contributed by atoms with Crippen molar-refractivity contribution >= 4 is 87.4 Å². The molecule has 0 amide bonds. The summed E-state index contributed by atoms with van der Waals surface area (Å²) in [5.41, 5.74) is 12.1. The summed E-state index contributed by atoms with van der Waals surface area (Å²) < 4.78 is 13.6. The third kappa shape index (κ3) is 5.00. The molecule has 0 atom stereocenters. The van der Waals surface area contributed by atoms with E-state index in [0.29, 0.717) is 17.6 Å². The Hall–Kier alpha value is -8.81. The van der Waals surface area contributed by atoms with Gasteiger partial charge in [-0.1, -0.05) is 133 Å². The number of rotatable bonds is 5. The highest BCUT2D eigenvalue weighted by Crippen LogP contribution is 2.41. The first-order valence-electron chi connectivity index (χ1n) is 21.5. The third-order valence-corrected chi connectivity index (χ3v) is 12.9. The third-order valence-electron chi connectivity index (χ3n) is 12.9. The monoisotopic (exact) mass is 818 g/mol. The summed E-state index contributed by atoms with van der Waals surface area (Å²) in [6.07, 6.45) is 0. The van der Waals surface area contributed by atoms with Crippen molar-refractivity contribution in [1.29, 1.82) is 0 Å². The minimum Gasteiger partial charge on any atom is -0.456 e. The van der Waals surface area contributed by atoms with Crippen LogP contribution in [0.5, 0.6) is 0 Å². The standard InChI is InChI=1S/C57H34N6O/c1-2-15-35(16-3-1)55-58-56(60-57(59-55)63-48-25-11-6-19-40(48)41-20-7-12-26-49(41)63)45-22-14-28-51-54(45)44-21-8-13-27-50(44)62(51)37-30-32-43-42-31-29-36(33-52(42)64-53(43)34-37)61-46-23-9-4-17-38(46)39-18-5-10-24-47(39)61/h1-34H. The molecule has 0 N–H and O–H groups in total. The van der Waals surface area contributed by atoms with Crippen LogP contribution >= 0.6 is 0 Å². The van der Waals surface area contributed by atoms with Crippen LogP contribution in [0.25, 0.3) is 127 Å². The first-order chi connectivity index (χ1) is 31.7. The van der Waals surface area contributed by atoms with E-state index >= 15 is 0 Å². The van der Waals surface area contributed by atoms with Crippen molar-refractivity contribution < 1.29 is 4.42 Å². The van der Waals surface area contributed by atoms with E-state index in [4.69, 9.17) is 19.4 Å². The predicted molar refractivity (Wildman–Crippen MR) is 261 cm³/mol. The molecule has 0 aliphatic carbocycles. The SMILES string of the molecule is c1ccc(-c2nc(-c3cccc4c3c3ccccc3n4-c3ccc4c(c3)oc3cc(-n5c6ccccc6c6ccccc65)ccc34)nc(-n3c4ccccc4c4ccccc43)n2)cc1. The van der Waals surface area contributed by atoms with Crippen LogP contribution in [-0.2, 0) is 0 Å². The van der Waals surface area contributed by atoms with E-state index in [1.807, 2.05) is 18.2 Å². The Labute approximate surface area is 365 Å². The molecule has 7 heteroatoms. The molecule has 9 aromatic carbocycles. The topological polar surface area (TPSA) is 66.6 Å². The van der Waals surface area contributed by atoms with Crippen molar-refractivity contribution in [1.82, 2.24) is 28.7 Å². The van der Waals surface area contributed by atoms with Gasteiger partial charge in [-0.25, -0.2) is 4.98 Å². The quantitative estimate of drug-likeness (QED) is 0.173. The Morgan fingerprint density at radius 3 is 1.31 bits per heavy atom. The van der Waals surface area contributed by atoms with Crippen LogP contribution in [-0.4, -0.2) is 28.7 Å². The van der Waals surface area contributed by atoms with Gasteiger partial charge in [-0.2, -0.15) is 9.97 Å². The van der Waals surface area contributed by atoms with Crippen LogP contribution in [0.15, 0.2) is 211 Å². The zero-order valence-corrected chi connectivity index (χ0v) is 34.2. The van der Waals surface area contributed by atoms with E-state index in [1.165, 1.54) is 21.8 Å². The molecule has 7 nitrogen and oxygen atoms in total. The summed E-state index contributed by atoms with van der Waals surface area (Å²) in [6, 6.07) is 72.4. The fourth-order valence-corrected chi connectivity index (χ4v) is 10.2. The van der Waals surface area contributed by atoms with Crippen molar-refractivity contribution in [3.05, 3.63) is 206 Å². The van der Waals surface area contributed by atoms with E-state index in [1.54, 1.807) is 0 Å². The second-order valence-electron chi connectivity index (χ2n) is 16.4. The Kier molecular flexibility index (Phi) is 7.27. The number of fused-ring (bicyclic) bond motifs is 12. The highest BCUT2D eigenvalue weighted by atomic mass is 16.3. The second-order valence-corrected chi connectivity index (χ2v) is 16.4. The zero-order chi connectivity index (χ0) is 41.9. The molecule has 0 bridgehead atoms. The Balaban J connectivity index is 0.961. The smallest absolute Gasteiger partial charge is 0.238 e. The Bertz CT molecular complexity index is 4100. The van der Waals surface area contributed by atoms with E-state index in [-0.39, 0.29) is 0 Å². The molecular formula is C57H34N6O. The number of hydrogen-bond donors (Lipinski definition) is 0. The normalized spacial score (nSPS) is 12.1. The number of nitrogens with zero attached hydrogens (tertiary/aromatic N) is 6. The number of furan rings is 1. The van der Waals surface area contributed by atoms with Gasteiger partial charge >= 0.3 is 0 Å². The van der Waals surface area contributed by atoms with Crippen molar-refractivity contribution in [2.75, 3.05) is 0 Å². The minimum absolute atomic E-state index is 0.568. The fourth-order valence-electron chi connectivity index (χ4n) is 10.2. The Morgan fingerprint density at radius 1 is 0.312 bits per heavy atom. The average molecular weight is 819 g/mol. The number of para-hydroxylation sites is 5. The number of aromatic nitrogens is 6. The first-order valence-corrected chi connectivity index (χ1v) is 21.5. The van der Waals surface area contributed by atoms with Crippen LogP contribution in [0.1, 0.15) is 0 Å². The van der Waals surface area contributed by atoms with Crippen molar-refractivity contribution in [3.8, 4) is 40.1 Å². The lowest BCUT2D eigenvalue weighted by molar-refractivity contribution is 0.668. The van der Waals surface area contributed by atoms with Gasteiger partial charge in [0.15, 0.2) is 11.6 Å². The zero-order valence-electron chi connectivity index (χ0n) is 34.2. The highest BCUT2D eigenvalue weighted by Gasteiger charge is 2.22. The maximum Gasteiger partial charge on any atom is 0.238 e. The van der Waals surface area contributed by atoms with Gasteiger partial charge in [0.1, 0.15) is 11.2 Å². The van der Waals surface area contributed by atoms with Crippen LogP contribution in [0.3, 0.4) is 0 Å². The van der Waals surface area contributed by atoms with Gasteiger partial charge in [-0.3, -0.25) is 4.57 Å². The maximum absolute atomic E-state index is 6.78. The molecule has 14 rings (SSSR count). The molecule has 0 aliphatic rings. The molecule has 5 aromatic heterocycles. The van der Waals surface area contributed by atoms with Crippen LogP contribution in [0, 0.1) is 0 Å². The largest absolute Gasteiger partial charge is 0.456 e. The molecule has 0 radical (unpaired) electrons. The van der Waals surface area contributed by atoms with Crippen molar-refractivity contribution in [3.63, 3.8) is 0 Å². The molecule has 0 unspecified atom stereocenters. The number of hydrogen-bond acceptors (Lipinski definition) is 4. The molecular weight excluding hydrogens is 785 g/mol. The van der Waals surface area contributed by atoms with E-state index in [2.05, 4.69) is 202 Å². The van der Waals surface area contributed by atoms with Crippen molar-refractivity contribution in [2.24, 2.45) is 0 Å². The molecule has 5 heterocycles. The van der Waals surface area contributed by atoms with Gasteiger partial charge < -0.3 is 13.6 Å². The van der Waals surface area contributed by atoms with Gasteiger partial charge in [-0.15, -0.1) is 0 Å². The van der Waals surface area contributed by atoms with Gasteiger partial charge in [0.05, 0.1) is 33.1 Å². The lowest BCUT2D eigenvalue weighted by Gasteiger charge is -2.12. The summed E-state index contributed by atoms with van der Waals surface area (Å²) in [7, 11) is 0. The molecule has 0 saturated heterocycles. The van der Waals surface area contributed by atoms with Crippen molar-refractivity contribution in [2.45, 2.75) is 0 Å². The molecule has 0 spiro atoms. The van der Waals surface area contributed by atoms with E-state index < -0.39 is 0 Å². The van der Waals surface area contributed by atoms with Crippen LogP contribution < -0.4 is 0 Å². The van der Waals surface area contributed by atoms with Gasteiger partial charge in [0, 0.05) is 77.7 Å². The lowest BCUT2D eigenvalue weighted by atomic mass is 10.1. The first kappa shape index (κ1) is 34.9. The fraction of sp³-hybridized carbons (Fsp3) is 0. The van der Waals surface area contributed by atoms with E-state index in [0.717, 1.165) is 88.1 Å². The summed E-state index contributed by atoms with van der Waals surface area (Å²) >= 11 is 0. The molecule has 0 saturated carbocycles. The van der Waals surface area contributed by atoms with E-state index in [9.17, 15) is 0 Å². The maximum atomic E-state index is 6.78. The molecule has 298 valence electrons.